The number of para-hydroxylation sites is 1. The lowest BCUT2D eigenvalue weighted by Gasteiger charge is -2.22. The van der Waals surface area contributed by atoms with E-state index in [1.807, 2.05) is 10.6 Å². The number of carbonyl (C=O) groups is 1. The van der Waals surface area contributed by atoms with Crippen LogP contribution in [0.5, 0.6) is 5.75 Å². The molecule has 1 aromatic carbocycles. The number of ether oxygens (including phenoxy) is 1. The molecule has 124 valence electrons. The number of primary amides is 1. The van der Waals surface area contributed by atoms with Gasteiger partial charge >= 0.3 is 6.09 Å². The number of aromatic nitrogens is 2. The summed E-state index contributed by atoms with van der Waals surface area (Å²) < 4.78 is 7.01. The van der Waals surface area contributed by atoms with Crippen molar-refractivity contribution in [2.75, 3.05) is 37.7 Å². The first kappa shape index (κ1) is 15.6. The normalized spacial score (nSPS) is 15.6. The minimum atomic E-state index is -0.866. The van der Waals surface area contributed by atoms with Gasteiger partial charge in [-0.25, -0.2) is 9.78 Å². The molecule has 1 fully saturated rings. The number of aliphatic hydroxyl groups excluding tert-OH is 1. The lowest BCUT2D eigenvalue weighted by molar-refractivity contribution is 0.211. The molecule has 0 spiro atoms. The molecule has 0 atom stereocenters. The summed E-state index contributed by atoms with van der Waals surface area (Å²) >= 11 is 0. The highest BCUT2D eigenvalue weighted by molar-refractivity contribution is 5.87. The number of hydrogen-bond donors (Lipinski definition) is 3. The van der Waals surface area contributed by atoms with Gasteiger partial charge < -0.3 is 30.4 Å². The Kier molecular flexibility index (Phi) is 4.63. The molecule has 8 heteroatoms. The van der Waals surface area contributed by atoms with Crippen molar-refractivity contribution in [3.63, 3.8) is 0 Å². The summed E-state index contributed by atoms with van der Waals surface area (Å²) in [5.74, 6) is 1.11. The highest BCUT2D eigenvalue weighted by Gasteiger charge is 2.20. The fourth-order valence-corrected chi connectivity index (χ4v) is 2.91. The Hall–Kier alpha value is -2.32. The van der Waals surface area contributed by atoms with Gasteiger partial charge in [0.2, 0.25) is 5.95 Å². The number of carbonyl (C=O) groups excluding carboxylic acids is 1. The molecule has 4 N–H and O–H groups in total. The number of amides is 1. The Labute approximate surface area is 133 Å². The van der Waals surface area contributed by atoms with E-state index in [4.69, 9.17) is 10.5 Å². The molecular formula is C15H21N5O3. The summed E-state index contributed by atoms with van der Waals surface area (Å²) in [6, 6.07) is 5.34. The van der Waals surface area contributed by atoms with Crippen LogP contribution in [-0.4, -0.2) is 53.5 Å². The minimum absolute atomic E-state index is 0.00541. The number of aliphatic hydroxyl groups is 1. The van der Waals surface area contributed by atoms with Gasteiger partial charge in [-0.1, -0.05) is 6.07 Å². The van der Waals surface area contributed by atoms with Gasteiger partial charge in [0.25, 0.3) is 0 Å². The van der Waals surface area contributed by atoms with Gasteiger partial charge in [-0.3, -0.25) is 0 Å². The fraction of sp³-hybridized carbons (Fsp3) is 0.467. The predicted molar refractivity (Wildman–Crippen MR) is 86.7 cm³/mol. The van der Waals surface area contributed by atoms with Gasteiger partial charge in [0.15, 0.2) is 5.75 Å². The van der Waals surface area contributed by atoms with Crippen molar-refractivity contribution in [1.82, 2.24) is 14.9 Å². The summed E-state index contributed by atoms with van der Waals surface area (Å²) in [5, 5.41) is 12.8. The van der Waals surface area contributed by atoms with E-state index in [9.17, 15) is 9.90 Å². The van der Waals surface area contributed by atoms with E-state index in [0.29, 0.717) is 17.8 Å². The van der Waals surface area contributed by atoms with Gasteiger partial charge in [-0.05, 0) is 25.1 Å². The Balaban J connectivity index is 2.08. The Morgan fingerprint density at radius 3 is 3.04 bits per heavy atom. The van der Waals surface area contributed by atoms with E-state index in [2.05, 4.69) is 15.2 Å². The van der Waals surface area contributed by atoms with E-state index in [1.54, 1.807) is 12.1 Å². The fourth-order valence-electron chi connectivity index (χ4n) is 2.91. The quantitative estimate of drug-likeness (QED) is 0.748. The predicted octanol–water partition coefficient (Wildman–Crippen LogP) is 0.286. The van der Waals surface area contributed by atoms with Crippen LogP contribution in [-0.2, 0) is 6.54 Å². The van der Waals surface area contributed by atoms with E-state index in [-0.39, 0.29) is 6.61 Å². The van der Waals surface area contributed by atoms with Crippen LogP contribution in [0.1, 0.15) is 6.42 Å². The Morgan fingerprint density at radius 2 is 2.26 bits per heavy atom. The van der Waals surface area contributed by atoms with E-state index in [1.165, 1.54) is 0 Å². The van der Waals surface area contributed by atoms with Crippen molar-refractivity contribution < 1.29 is 14.6 Å². The molecular weight excluding hydrogens is 298 g/mol. The van der Waals surface area contributed by atoms with Crippen LogP contribution in [0.2, 0.25) is 0 Å². The number of anilines is 1. The van der Waals surface area contributed by atoms with Crippen molar-refractivity contribution in [1.29, 1.82) is 0 Å². The molecule has 0 bridgehead atoms. The van der Waals surface area contributed by atoms with Crippen molar-refractivity contribution in [3.05, 3.63) is 18.2 Å². The number of rotatable bonds is 4. The highest BCUT2D eigenvalue weighted by atomic mass is 16.5. The molecule has 3 rings (SSSR count). The number of nitrogens with zero attached hydrogens (tertiary/aromatic N) is 3. The lowest BCUT2D eigenvalue weighted by Crippen LogP contribution is -2.30. The summed E-state index contributed by atoms with van der Waals surface area (Å²) in [4.78, 5) is 17.9. The second-order valence-corrected chi connectivity index (χ2v) is 5.42. The van der Waals surface area contributed by atoms with E-state index >= 15 is 0 Å². The van der Waals surface area contributed by atoms with Gasteiger partial charge in [-0.2, -0.15) is 0 Å². The van der Waals surface area contributed by atoms with Crippen molar-refractivity contribution in [2.24, 2.45) is 5.73 Å². The van der Waals surface area contributed by atoms with Crippen LogP contribution in [0.3, 0.4) is 0 Å². The number of hydrogen-bond acceptors (Lipinski definition) is 6. The van der Waals surface area contributed by atoms with Crippen molar-refractivity contribution >= 4 is 23.1 Å². The molecule has 0 unspecified atom stereocenters. The second-order valence-electron chi connectivity index (χ2n) is 5.42. The van der Waals surface area contributed by atoms with E-state index < -0.39 is 6.09 Å². The SMILES string of the molecule is NC(=O)Oc1cccc2c1nc(N1CCCNCC1)n2CCO. The number of imidazole rings is 1. The van der Waals surface area contributed by atoms with Crippen LogP contribution in [0.25, 0.3) is 11.0 Å². The Bertz CT molecular complexity index is 692. The Morgan fingerprint density at radius 1 is 1.39 bits per heavy atom. The minimum Gasteiger partial charge on any atom is -0.408 e. The molecule has 1 aromatic heterocycles. The first-order chi connectivity index (χ1) is 11.2. The number of nitrogens with two attached hydrogens (primary N) is 1. The topological polar surface area (TPSA) is 106 Å². The smallest absolute Gasteiger partial charge is 0.408 e. The molecule has 0 saturated carbocycles. The summed E-state index contributed by atoms with van der Waals surface area (Å²) in [6.07, 6.45) is 0.155. The third-order valence-corrected chi connectivity index (χ3v) is 3.88. The molecule has 1 aliphatic heterocycles. The van der Waals surface area contributed by atoms with Crippen molar-refractivity contribution in [2.45, 2.75) is 13.0 Å². The van der Waals surface area contributed by atoms with Crippen LogP contribution in [0.15, 0.2) is 18.2 Å². The molecule has 0 aliphatic carbocycles. The zero-order valence-electron chi connectivity index (χ0n) is 12.9. The van der Waals surface area contributed by atoms with Gasteiger partial charge in [-0.15, -0.1) is 0 Å². The molecule has 1 amide bonds. The number of nitrogens with one attached hydrogen (secondary N) is 1. The average Bonchev–Trinajstić information content (AvgIpc) is 2.72. The molecule has 1 saturated heterocycles. The highest BCUT2D eigenvalue weighted by Crippen LogP contribution is 2.30. The average molecular weight is 319 g/mol. The molecule has 1 aliphatic rings. The summed E-state index contributed by atoms with van der Waals surface area (Å²) in [7, 11) is 0. The zero-order valence-corrected chi connectivity index (χ0v) is 12.9. The van der Waals surface area contributed by atoms with Crippen molar-refractivity contribution in [3.8, 4) is 5.75 Å². The standard InChI is InChI=1S/C15H21N5O3/c16-14(22)23-12-4-1-3-11-13(12)18-15(20(11)9-10-21)19-7-2-5-17-6-8-19/h1,3-4,17,21H,2,5-10H2,(H2,16,22). The maximum atomic E-state index is 11.1. The first-order valence-electron chi connectivity index (χ1n) is 7.74. The molecule has 2 aromatic rings. The summed E-state index contributed by atoms with van der Waals surface area (Å²) in [5.41, 5.74) is 6.51. The maximum absolute atomic E-state index is 11.1. The van der Waals surface area contributed by atoms with Gasteiger partial charge in [0.1, 0.15) is 5.52 Å². The first-order valence-corrected chi connectivity index (χ1v) is 7.74. The van der Waals surface area contributed by atoms with Crippen LogP contribution < -0.4 is 20.7 Å². The second kappa shape index (κ2) is 6.84. The van der Waals surface area contributed by atoms with Crippen LogP contribution >= 0.6 is 0 Å². The third kappa shape index (κ3) is 3.22. The number of benzene rings is 1. The molecule has 0 radical (unpaired) electrons. The molecule has 23 heavy (non-hydrogen) atoms. The molecule has 2 heterocycles. The van der Waals surface area contributed by atoms with Gasteiger partial charge in [0, 0.05) is 26.2 Å². The van der Waals surface area contributed by atoms with Gasteiger partial charge in [0.05, 0.1) is 12.1 Å². The zero-order chi connectivity index (χ0) is 16.2. The van der Waals surface area contributed by atoms with Crippen LogP contribution in [0.4, 0.5) is 10.7 Å². The third-order valence-electron chi connectivity index (χ3n) is 3.88. The monoisotopic (exact) mass is 319 g/mol. The maximum Gasteiger partial charge on any atom is 0.410 e. The van der Waals surface area contributed by atoms with Crippen LogP contribution in [0, 0.1) is 0 Å². The summed E-state index contributed by atoms with van der Waals surface area (Å²) in [6.45, 7) is 4.01. The largest absolute Gasteiger partial charge is 0.410 e. The van der Waals surface area contributed by atoms with E-state index in [0.717, 1.165) is 44.1 Å². The molecule has 8 nitrogen and oxygen atoms in total. The number of fused-ring (bicyclic) bond motifs is 1. The lowest BCUT2D eigenvalue weighted by atomic mass is 10.3.